The van der Waals surface area contributed by atoms with Crippen LogP contribution in [0, 0.1) is 0 Å². The van der Waals surface area contributed by atoms with E-state index in [2.05, 4.69) is 140 Å². The lowest BCUT2D eigenvalue weighted by atomic mass is 9.67. The van der Waals surface area contributed by atoms with Crippen LogP contribution in [0.3, 0.4) is 0 Å². The number of fused-ring (bicyclic) bond motifs is 12. The van der Waals surface area contributed by atoms with Gasteiger partial charge in [0.2, 0.25) is 0 Å². The van der Waals surface area contributed by atoms with Gasteiger partial charge >= 0.3 is 0 Å². The topological polar surface area (TPSA) is 38.9 Å². The Morgan fingerprint density at radius 2 is 1.06 bits per heavy atom. The van der Waals surface area contributed by atoms with Gasteiger partial charge in [-0.15, -0.1) is 0 Å². The number of aromatic nitrogens is 2. The minimum absolute atomic E-state index is 0.552. The van der Waals surface area contributed by atoms with Crippen LogP contribution in [0.5, 0.6) is 0 Å². The molecule has 1 aliphatic carbocycles. The standard InChI is InChI=1S/C47H28N2OS/c1-3-14-29(15-4-1)39-28-40(49-46(48-39)30-16-5-2-6-17-30)32-19-13-22-37-45(32)34-26-33-31-18-7-10-23-41(31)50-42(33)27-38(34)47(37)35-20-8-11-24-43(35)51-44-25-12-9-21-36(44)47/h1-28H. The monoisotopic (exact) mass is 668 g/mol. The molecule has 9 aromatic rings. The molecule has 11 rings (SSSR count). The summed E-state index contributed by atoms with van der Waals surface area (Å²) < 4.78 is 6.60. The van der Waals surface area contributed by atoms with Crippen molar-refractivity contribution in [2.75, 3.05) is 0 Å². The molecule has 3 nitrogen and oxygen atoms in total. The zero-order valence-electron chi connectivity index (χ0n) is 27.4. The zero-order valence-corrected chi connectivity index (χ0v) is 28.2. The molecule has 2 aliphatic rings. The van der Waals surface area contributed by atoms with Gasteiger partial charge in [0.15, 0.2) is 5.82 Å². The van der Waals surface area contributed by atoms with Gasteiger partial charge in [-0.2, -0.15) is 0 Å². The average molecular weight is 669 g/mol. The molecule has 1 spiro atoms. The fourth-order valence-electron chi connectivity index (χ4n) is 8.44. The number of furan rings is 1. The van der Waals surface area contributed by atoms with E-state index in [9.17, 15) is 0 Å². The van der Waals surface area contributed by atoms with Crippen LogP contribution < -0.4 is 0 Å². The molecule has 2 aromatic heterocycles. The van der Waals surface area contributed by atoms with Crippen molar-refractivity contribution in [2.24, 2.45) is 0 Å². The molecule has 0 unspecified atom stereocenters. The van der Waals surface area contributed by atoms with Gasteiger partial charge in [0, 0.05) is 37.3 Å². The summed E-state index contributed by atoms with van der Waals surface area (Å²) in [7, 11) is 0. The Morgan fingerprint density at radius 1 is 0.431 bits per heavy atom. The summed E-state index contributed by atoms with van der Waals surface area (Å²) in [5.74, 6) is 0.707. The van der Waals surface area contributed by atoms with Crippen LogP contribution in [0.25, 0.3) is 67.0 Å². The summed E-state index contributed by atoms with van der Waals surface area (Å²) >= 11 is 1.86. The van der Waals surface area contributed by atoms with Gasteiger partial charge in [0.1, 0.15) is 11.2 Å². The van der Waals surface area contributed by atoms with E-state index in [1.165, 1.54) is 43.2 Å². The largest absolute Gasteiger partial charge is 0.456 e. The van der Waals surface area contributed by atoms with Gasteiger partial charge in [-0.3, -0.25) is 0 Å². The van der Waals surface area contributed by atoms with Crippen LogP contribution in [0.1, 0.15) is 22.3 Å². The van der Waals surface area contributed by atoms with E-state index in [0.29, 0.717) is 5.82 Å². The predicted molar refractivity (Wildman–Crippen MR) is 207 cm³/mol. The molecule has 7 aromatic carbocycles. The first-order valence-corrected chi connectivity index (χ1v) is 18.1. The summed E-state index contributed by atoms with van der Waals surface area (Å²) in [6.45, 7) is 0. The van der Waals surface area contributed by atoms with Gasteiger partial charge in [-0.1, -0.05) is 145 Å². The maximum absolute atomic E-state index is 6.60. The van der Waals surface area contributed by atoms with Crippen molar-refractivity contribution in [1.29, 1.82) is 0 Å². The summed E-state index contributed by atoms with van der Waals surface area (Å²) in [5, 5.41) is 2.24. The molecule has 0 bridgehead atoms. The van der Waals surface area contributed by atoms with Crippen molar-refractivity contribution in [3.05, 3.63) is 192 Å². The number of hydrogen-bond acceptors (Lipinski definition) is 4. The lowest BCUT2D eigenvalue weighted by molar-refractivity contribution is 0.664. The number of para-hydroxylation sites is 1. The SMILES string of the molecule is c1ccc(-c2cc(-c3cccc4c3-c3cc5c(cc3C43c4ccccc4Sc4ccccc43)oc3ccccc35)nc(-c3ccccc3)n2)cc1. The minimum Gasteiger partial charge on any atom is -0.456 e. The van der Waals surface area contributed by atoms with E-state index in [0.717, 1.165) is 50.0 Å². The van der Waals surface area contributed by atoms with Gasteiger partial charge in [0.05, 0.1) is 16.8 Å². The second kappa shape index (κ2) is 10.9. The lowest BCUT2D eigenvalue weighted by Crippen LogP contribution is -2.31. The number of nitrogens with zero attached hydrogens (tertiary/aromatic N) is 2. The van der Waals surface area contributed by atoms with Gasteiger partial charge in [-0.25, -0.2) is 9.97 Å². The molecule has 0 fully saturated rings. The smallest absolute Gasteiger partial charge is 0.160 e. The molecule has 0 saturated carbocycles. The van der Waals surface area contributed by atoms with Gasteiger partial charge in [0.25, 0.3) is 0 Å². The maximum Gasteiger partial charge on any atom is 0.160 e. The van der Waals surface area contributed by atoms with Crippen molar-refractivity contribution in [3.63, 3.8) is 0 Å². The fourth-order valence-corrected chi connectivity index (χ4v) is 9.63. The van der Waals surface area contributed by atoms with Crippen LogP contribution in [-0.4, -0.2) is 9.97 Å². The Bertz CT molecular complexity index is 2740. The third kappa shape index (κ3) is 4.08. The van der Waals surface area contributed by atoms with E-state index in [-0.39, 0.29) is 0 Å². The lowest BCUT2D eigenvalue weighted by Gasteiger charge is -2.39. The average Bonchev–Trinajstić information content (AvgIpc) is 3.71. The Morgan fingerprint density at radius 3 is 1.82 bits per heavy atom. The van der Waals surface area contributed by atoms with Gasteiger partial charge in [-0.05, 0) is 69.8 Å². The Labute approximate surface area is 299 Å². The first kappa shape index (κ1) is 28.6. The third-order valence-electron chi connectivity index (χ3n) is 10.6. The summed E-state index contributed by atoms with van der Waals surface area (Å²) in [6.07, 6.45) is 0. The fraction of sp³-hybridized carbons (Fsp3) is 0.0213. The van der Waals surface area contributed by atoms with Crippen molar-refractivity contribution in [1.82, 2.24) is 9.97 Å². The molecule has 0 atom stereocenters. The van der Waals surface area contributed by atoms with Crippen LogP contribution in [0.2, 0.25) is 0 Å². The van der Waals surface area contributed by atoms with Crippen molar-refractivity contribution in [3.8, 4) is 45.0 Å². The number of hydrogen-bond donors (Lipinski definition) is 0. The minimum atomic E-state index is -0.552. The van der Waals surface area contributed by atoms with Crippen molar-refractivity contribution >= 4 is 33.7 Å². The first-order valence-electron chi connectivity index (χ1n) is 17.2. The Kier molecular flexibility index (Phi) is 6.10. The van der Waals surface area contributed by atoms with Crippen LogP contribution in [0.15, 0.2) is 184 Å². The van der Waals surface area contributed by atoms with E-state index >= 15 is 0 Å². The molecule has 1 aliphatic heterocycles. The van der Waals surface area contributed by atoms with Crippen molar-refractivity contribution in [2.45, 2.75) is 15.2 Å². The molecule has 3 heterocycles. The number of rotatable bonds is 3. The number of benzene rings is 7. The molecule has 238 valence electrons. The maximum atomic E-state index is 6.60. The molecular formula is C47H28N2OS. The third-order valence-corrected chi connectivity index (χ3v) is 11.7. The molecular weight excluding hydrogens is 641 g/mol. The Balaban J connectivity index is 1.28. The zero-order chi connectivity index (χ0) is 33.5. The van der Waals surface area contributed by atoms with E-state index in [1.807, 2.05) is 42.1 Å². The molecule has 0 N–H and O–H groups in total. The second-order valence-corrected chi connectivity index (χ2v) is 14.3. The molecule has 0 amide bonds. The van der Waals surface area contributed by atoms with Crippen LogP contribution in [0.4, 0.5) is 0 Å². The van der Waals surface area contributed by atoms with Crippen LogP contribution >= 0.6 is 11.8 Å². The predicted octanol–water partition coefficient (Wildman–Crippen LogP) is 12.2. The van der Waals surface area contributed by atoms with E-state index < -0.39 is 5.41 Å². The quantitative estimate of drug-likeness (QED) is 0.188. The molecule has 0 saturated heterocycles. The van der Waals surface area contributed by atoms with E-state index in [1.54, 1.807) is 0 Å². The summed E-state index contributed by atoms with van der Waals surface area (Å²) in [5.41, 5.74) is 13.6. The molecule has 4 heteroatoms. The summed E-state index contributed by atoms with van der Waals surface area (Å²) in [6, 6.07) is 60.5. The first-order chi connectivity index (χ1) is 25.3. The highest BCUT2D eigenvalue weighted by Crippen LogP contribution is 2.64. The summed E-state index contributed by atoms with van der Waals surface area (Å²) in [4.78, 5) is 13.0. The van der Waals surface area contributed by atoms with Crippen LogP contribution in [-0.2, 0) is 5.41 Å². The highest BCUT2D eigenvalue weighted by atomic mass is 32.2. The normalized spacial score (nSPS) is 13.6. The van der Waals surface area contributed by atoms with E-state index in [4.69, 9.17) is 14.4 Å². The highest BCUT2D eigenvalue weighted by Gasteiger charge is 2.51. The van der Waals surface area contributed by atoms with Crippen molar-refractivity contribution < 1.29 is 4.42 Å². The molecule has 51 heavy (non-hydrogen) atoms. The molecule has 0 radical (unpaired) electrons. The Hall–Kier alpha value is -6.23. The van der Waals surface area contributed by atoms with Gasteiger partial charge < -0.3 is 4.42 Å². The second-order valence-electron chi connectivity index (χ2n) is 13.3. The highest BCUT2D eigenvalue weighted by molar-refractivity contribution is 7.99.